The van der Waals surface area contributed by atoms with Crippen LogP contribution in [0.1, 0.15) is 13.8 Å². The molecule has 13 heavy (non-hydrogen) atoms. The van der Waals surface area contributed by atoms with Crippen LogP contribution in [0.2, 0.25) is 0 Å². The molecule has 0 spiro atoms. The molecule has 74 valence electrons. The van der Waals surface area contributed by atoms with Gasteiger partial charge in [0.05, 0.1) is 13.2 Å². The number of ether oxygens (including phenoxy) is 2. The van der Waals surface area contributed by atoms with E-state index in [0.717, 1.165) is 0 Å². The van der Waals surface area contributed by atoms with Crippen molar-refractivity contribution in [2.75, 3.05) is 13.2 Å². The first-order valence-electron chi connectivity index (χ1n) is 4.31. The molecule has 2 saturated heterocycles. The lowest BCUT2D eigenvalue weighted by Gasteiger charge is -2.26. The average Bonchev–Trinajstić information content (AvgIpc) is 2.75. The molecule has 0 bridgehead atoms. The molecule has 2 heterocycles. The number of hydrogen-bond donors (Lipinski definition) is 1. The van der Waals surface area contributed by atoms with E-state index >= 15 is 0 Å². The summed E-state index contributed by atoms with van der Waals surface area (Å²) < 4.78 is 10.6. The van der Waals surface area contributed by atoms with Gasteiger partial charge in [0, 0.05) is 0 Å². The van der Waals surface area contributed by atoms with Crippen LogP contribution in [0.4, 0.5) is 4.79 Å². The first-order chi connectivity index (χ1) is 6.00. The third kappa shape index (κ3) is 1.49. The Balaban J connectivity index is 2.07. The number of amides is 1. The maximum Gasteiger partial charge on any atom is 0.409 e. The largest absolute Gasteiger partial charge is 0.465 e. The Morgan fingerprint density at radius 3 is 2.54 bits per heavy atom. The minimum Gasteiger partial charge on any atom is -0.465 e. The quantitative estimate of drug-likeness (QED) is 0.607. The van der Waals surface area contributed by atoms with Gasteiger partial charge in [0.25, 0.3) is 0 Å². The minimum absolute atomic E-state index is 0.0916. The van der Waals surface area contributed by atoms with Crippen molar-refractivity contribution in [3.63, 3.8) is 0 Å². The number of hydrogen-bond acceptors (Lipinski definition) is 3. The summed E-state index contributed by atoms with van der Waals surface area (Å²) in [4.78, 5) is 12.1. The summed E-state index contributed by atoms with van der Waals surface area (Å²) in [7, 11) is 0. The topological polar surface area (TPSA) is 62.3 Å². The van der Waals surface area contributed by atoms with Gasteiger partial charge in [-0.2, -0.15) is 0 Å². The molecule has 1 N–H and O–H groups in total. The summed E-state index contributed by atoms with van der Waals surface area (Å²) in [5, 5.41) is 8.87. The van der Waals surface area contributed by atoms with Crippen molar-refractivity contribution in [2.45, 2.75) is 31.8 Å². The van der Waals surface area contributed by atoms with Crippen LogP contribution in [0.5, 0.6) is 0 Å². The summed E-state index contributed by atoms with van der Waals surface area (Å²) >= 11 is 0. The van der Waals surface area contributed by atoms with Gasteiger partial charge in [-0.3, -0.25) is 4.90 Å². The van der Waals surface area contributed by atoms with Gasteiger partial charge < -0.3 is 14.6 Å². The second-order valence-electron chi connectivity index (χ2n) is 3.87. The second-order valence-corrected chi connectivity index (χ2v) is 3.87. The van der Waals surface area contributed by atoms with E-state index in [-0.39, 0.29) is 12.2 Å². The lowest BCUT2D eigenvalue weighted by Crippen LogP contribution is -2.42. The molecule has 2 atom stereocenters. The molecule has 1 amide bonds. The Kier molecular flexibility index (Phi) is 1.75. The van der Waals surface area contributed by atoms with Crippen LogP contribution in [0, 0.1) is 0 Å². The van der Waals surface area contributed by atoms with E-state index in [1.807, 2.05) is 0 Å². The molecular weight excluding hydrogens is 174 g/mol. The first kappa shape index (κ1) is 8.77. The Morgan fingerprint density at radius 2 is 2.15 bits per heavy atom. The van der Waals surface area contributed by atoms with Gasteiger partial charge in [0.15, 0.2) is 0 Å². The van der Waals surface area contributed by atoms with Gasteiger partial charge in [0.2, 0.25) is 0 Å². The number of rotatable bonds is 1. The van der Waals surface area contributed by atoms with Crippen molar-refractivity contribution >= 4 is 6.09 Å². The predicted molar refractivity (Wildman–Crippen MR) is 43.4 cm³/mol. The summed E-state index contributed by atoms with van der Waals surface area (Å²) in [6.45, 7) is 4.61. The highest BCUT2D eigenvalue weighted by molar-refractivity contribution is 5.66. The van der Waals surface area contributed by atoms with E-state index in [2.05, 4.69) is 0 Å². The van der Waals surface area contributed by atoms with Crippen LogP contribution in [0.15, 0.2) is 0 Å². The van der Waals surface area contributed by atoms with Gasteiger partial charge in [-0.15, -0.1) is 0 Å². The molecule has 2 fully saturated rings. The summed E-state index contributed by atoms with van der Waals surface area (Å²) in [5.74, 6) is 0. The standard InChI is InChI=1S/C8H13NO4/c1-8(2)9(7(10)11)3-5(13-8)6-4-12-6/h5-6H,3-4H2,1-2H3,(H,10,11)/t5?,6-/m0/s1. The molecule has 0 aromatic carbocycles. The van der Waals surface area contributed by atoms with Crippen LogP contribution in [-0.2, 0) is 9.47 Å². The fourth-order valence-corrected chi connectivity index (χ4v) is 1.64. The molecule has 0 aromatic rings. The summed E-state index contributed by atoms with van der Waals surface area (Å²) in [6, 6.07) is 0. The molecule has 0 radical (unpaired) electrons. The number of epoxide rings is 1. The smallest absolute Gasteiger partial charge is 0.409 e. The van der Waals surface area contributed by atoms with Crippen molar-refractivity contribution < 1.29 is 19.4 Å². The van der Waals surface area contributed by atoms with E-state index in [1.54, 1.807) is 13.8 Å². The van der Waals surface area contributed by atoms with Crippen LogP contribution >= 0.6 is 0 Å². The minimum atomic E-state index is -0.937. The molecule has 1 unspecified atom stereocenters. The zero-order chi connectivity index (χ0) is 9.64. The van der Waals surface area contributed by atoms with Gasteiger partial charge in [-0.25, -0.2) is 4.79 Å². The molecule has 0 saturated carbocycles. The third-order valence-electron chi connectivity index (χ3n) is 2.46. The van der Waals surface area contributed by atoms with Crippen LogP contribution in [0.3, 0.4) is 0 Å². The molecule has 2 rings (SSSR count). The summed E-state index contributed by atoms with van der Waals surface area (Å²) in [6.07, 6.45) is -0.928. The maximum absolute atomic E-state index is 10.8. The normalized spacial score (nSPS) is 36.3. The fourth-order valence-electron chi connectivity index (χ4n) is 1.64. The highest BCUT2D eigenvalue weighted by atomic mass is 16.6. The average molecular weight is 187 g/mol. The van der Waals surface area contributed by atoms with Gasteiger partial charge in [-0.05, 0) is 13.8 Å². The lowest BCUT2D eigenvalue weighted by atomic mass is 10.2. The lowest BCUT2D eigenvalue weighted by molar-refractivity contribution is -0.0715. The summed E-state index contributed by atoms with van der Waals surface area (Å²) in [5.41, 5.74) is -0.720. The van der Waals surface area contributed by atoms with E-state index in [4.69, 9.17) is 14.6 Å². The monoisotopic (exact) mass is 187 g/mol. The Morgan fingerprint density at radius 1 is 1.54 bits per heavy atom. The zero-order valence-electron chi connectivity index (χ0n) is 7.69. The van der Waals surface area contributed by atoms with Crippen LogP contribution in [-0.4, -0.2) is 47.2 Å². The van der Waals surface area contributed by atoms with Gasteiger partial charge in [-0.1, -0.05) is 0 Å². The van der Waals surface area contributed by atoms with Crippen molar-refractivity contribution in [3.05, 3.63) is 0 Å². The fraction of sp³-hybridized carbons (Fsp3) is 0.875. The van der Waals surface area contributed by atoms with E-state index in [9.17, 15) is 4.79 Å². The van der Waals surface area contributed by atoms with Gasteiger partial charge >= 0.3 is 6.09 Å². The zero-order valence-corrected chi connectivity index (χ0v) is 7.69. The molecule has 2 aliphatic rings. The molecule has 5 nitrogen and oxygen atoms in total. The second kappa shape index (κ2) is 2.59. The molecular formula is C8H13NO4. The van der Waals surface area contributed by atoms with Gasteiger partial charge in [0.1, 0.15) is 17.9 Å². The Hall–Kier alpha value is -0.810. The molecule has 2 aliphatic heterocycles. The van der Waals surface area contributed by atoms with E-state index < -0.39 is 11.8 Å². The molecule has 0 aliphatic carbocycles. The predicted octanol–water partition coefficient (Wildman–Crippen LogP) is 0.500. The van der Waals surface area contributed by atoms with Crippen molar-refractivity contribution in [1.29, 1.82) is 0 Å². The van der Waals surface area contributed by atoms with Crippen LogP contribution in [0.25, 0.3) is 0 Å². The number of nitrogens with zero attached hydrogens (tertiary/aromatic N) is 1. The van der Waals surface area contributed by atoms with E-state index in [1.165, 1.54) is 4.90 Å². The van der Waals surface area contributed by atoms with E-state index in [0.29, 0.717) is 13.2 Å². The Bertz CT molecular complexity index is 236. The maximum atomic E-state index is 10.8. The van der Waals surface area contributed by atoms with Crippen molar-refractivity contribution in [2.24, 2.45) is 0 Å². The number of carboxylic acid groups (broad SMARTS) is 1. The molecule has 0 aromatic heterocycles. The highest BCUT2D eigenvalue weighted by Crippen LogP contribution is 2.32. The first-order valence-corrected chi connectivity index (χ1v) is 4.31. The Labute approximate surface area is 76.2 Å². The van der Waals surface area contributed by atoms with Crippen molar-refractivity contribution in [1.82, 2.24) is 4.90 Å². The third-order valence-corrected chi connectivity index (χ3v) is 2.46. The van der Waals surface area contributed by atoms with Crippen molar-refractivity contribution in [3.8, 4) is 0 Å². The highest BCUT2D eigenvalue weighted by Gasteiger charge is 2.48. The van der Waals surface area contributed by atoms with Crippen LogP contribution < -0.4 is 0 Å². The SMILES string of the molecule is CC1(C)OC([C@@H]2CO2)CN1C(=O)O. The number of carbonyl (C=O) groups is 1. The molecule has 5 heteroatoms.